The minimum Gasteiger partial charge on any atom is -0.489 e. The van der Waals surface area contributed by atoms with E-state index < -0.39 is 5.60 Å². The van der Waals surface area contributed by atoms with Gasteiger partial charge in [-0.1, -0.05) is 12.1 Å². The Kier molecular flexibility index (Phi) is 7.05. The van der Waals surface area contributed by atoms with Gasteiger partial charge in [0.1, 0.15) is 18.0 Å². The highest BCUT2D eigenvalue weighted by molar-refractivity contribution is 5.89. The zero-order chi connectivity index (χ0) is 22.4. The lowest BCUT2D eigenvalue weighted by atomic mass is 10.1. The Hall–Kier alpha value is -3.22. The Morgan fingerprint density at radius 1 is 0.903 bits per heavy atom. The predicted octanol–water partition coefficient (Wildman–Crippen LogP) is 4.11. The van der Waals surface area contributed by atoms with Gasteiger partial charge in [0.2, 0.25) is 0 Å². The third kappa shape index (κ3) is 6.38. The number of anilines is 1. The fraction of sp³-hybridized carbons (Fsp3) is 0.417. The van der Waals surface area contributed by atoms with Gasteiger partial charge >= 0.3 is 12.1 Å². The van der Waals surface area contributed by atoms with E-state index in [-0.39, 0.29) is 12.1 Å². The number of ether oxygens (including phenoxy) is 3. The van der Waals surface area contributed by atoms with Crippen molar-refractivity contribution in [2.75, 3.05) is 38.2 Å². The molecule has 31 heavy (non-hydrogen) atoms. The third-order valence-electron chi connectivity index (χ3n) is 4.91. The number of hydrogen-bond acceptors (Lipinski definition) is 6. The molecule has 0 spiro atoms. The number of amides is 1. The normalized spacial score (nSPS) is 14.2. The molecule has 2 aromatic rings. The Labute approximate surface area is 183 Å². The van der Waals surface area contributed by atoms with Gasteiger partial charge in [-0.25, -0.2) is 9.59 Å². The van der Waals surface area contributed by atoms with Crippen molar-refractivity contribution in [3.63, 3.8) is 0 Å². The number of benzene rings is 2. The summed E-state index contributed by atoms with van der Waals surface area (Å²) < 4.78 is 16.0. The zero-order valence-corrected chi connectivity index (χ0v) is 18.6. The van der Waals surface area contributed by atoms with Crippen molar-refractivity contribution >= 4 is 17.7 Å². The Morgan fingerprint density at radius 2 is 1.52 bits per heavy atom. The Morgan fingerprint density at radius 3 is 2.06 bits per heavy atom. The topological polar surface area (TPSA) is 68.3 Å². The van der Waals surface area contributed by atoms with Crippen LogP contribution in [0.4, 0.5) is 10.5 Å². The molecule has 1 aliphatic rings. The van der Waals surface area contributed by atoms with E-state index in [0.717, 1.165) is 30.1 Å². The molecular weight excluding hydrogens is 396 g/mol. The molecule has 0 unspecified atom stereocenters. The maximum atomic E-state index is 12.2. The number of carbonyl (C=O) groups is 2. The summed E-state index contributed by atoms with van der Waals surface area (Å²) in [4.78, 5) is 27.7. The average Bonchev–Trinajstić information content (AvgIpc) is 2.77. The predicted molar refractivity (Wildman–Crippen MR) is 119 cm³/mol. The molecule has 1 heterocycles. The van der Waals surface area contributed by atoms with Gasteiger partial charge in [-0.2, -0.15) is 0 Å². The van der Waals surface area contributed by atoms with Crippen molar-refractivity contribution < 1.29 is 23.8 Å². The molecule has 7 nitrogen and oxygen atoms in total. The summed E-state index contributed by atoms with van der Waals surface area (Å²) in [6.45, 7) is 8.82. The Balaban J connectivity index is 1.48. The van der Waals surface area contributed by atoms with E-state index in [1.54, 1.807) is 17.0 Å². The second-order valence-corrected chi connectivity index (χ2v) is 8.43. The summed E-state index contributed by atoms with van der Waals surface area (Å²) in [5.74, 6) is 0.420. The highest BCUT2D eigenvalue weighted by Gasteiger charge is 2.25. The van der Waals surface area contributed by atoms with E-state index in [1.165, 1.54) is 7.11 Å². The smallest absolute Gasteiger partial charge is 0.410 e. The number of carbonyl (C=O) groups excluding carboxylic acids is 2. The molecule has 2 aromatic carbocycles. The fourth-order valence-electron chi connectivity index (χ4n) is 3.25. The number of piperazine rings is 1. The molecule has 7 heteroatoms. The number of nitrogens with zero attached hydrogens (tertiary/aromatic N) is 2. The van der Waals surface area contributed by atoms with Crippen molar-refractivity contribution in [3.8, 4) is 5.75 Å². The maximum Gasteiger partial charge on any atom is 0.410 e. The molecule has 0 radical (unpaired) electrons. The van der Waals surface area contributed by atoms with Gasteiger partial charge in [-0.05, 0) is 62.7 Å². The van der Waals surface area contributed by atoms with Crippen LogP contribution in [0.3, 0.4) is 0 Å². The summed E-state index contributed by atoms with van der Waals surface area (Å²) in [7, 11) is 1.37. The molecular formula is C24H30N2O5. The lowest BCUT2D eigenvalue weighted by molar-refractivity contribution is 0.0240. The standard InChI is InChI=1S/C24H30N2O5/c1-24(2,3)31-23(28)26-15-13-25(14-16-26)20-9-11-21(12-10-20)30-17-18-5-7-19(8-6-18)22(27)29-4/h5-12H,13-17H2,1-4H3. The van der Waals surface area contributed by atoms with E-state index in [0.29, 0.717) is 25.3 Å². The van der Waals surface area contributed by atoms with Crippen LogP contribution in [-0.4, -0.2) is 55.9 Å². The second kappa shape index (κ2) is 9.73. The molecule has 1 amide bonds. The van der Waals surface area contributed by atoms with Gasteiger partial charge in [-0.3, -0.25) is 0 Å². The second-order valence-electron chi connectivity index (χ2n) is 8.43. The largest absolute Gasteiger partial charge is 0.489 e. The number of esters is 1. The fourth-order valence-corrected chi connectivity index (χ4v) is 3.25. The average molecular weight is 427 g/mol. The molecule has 0 bridgehead atoms. The maximum absolute atomic E-state index is 12.2. The summed E-state index contributed by atoms with van der Waals surface area (Å²) in [6.07, 6.45) is -0.254. The summed E-state index contributed by atoms with van der Waals surface area (Å²) in [6, 6.07) is 15.1. The third-order valence-corrected chi connectivity index (χ3v) is 4.91. The molecule has 1 fully saturated rings. The lowest BCUT2D eigenvalue weighted by Crippen LogP contribution is -2.50. The van der Waals surface area contributed by atoms with Crippen LogP contribution in [0.2, 0.25) is 0 Å². The van der Waals surface area contributed by atoms with Crippen molar-refractivity contribution in [2.24, 2.45) is 0 Å². The van der Waals surface area contributed by atoms with E-state index in [2.05, 4.69) is 4.90 Å². The zero-order valence-electron chi connectivity index (χ0n) is 18.6. The van der Waals surface area contributed by atoms with Crippen LogP contribution in [0, 0.1) is 0 Å². The molecule has 0 aromatic heterocycles. The lowest BCUT2D eigenvalue weighted by Gasteiger charge is -2.36. The SMILES string of the molecule is COC(=O)c1ccc(COc2ccc(N3CCN(C(=O)OC(C)(C)C)CC3)cc2)cc1. The van der Waals surface area contributed by atoms with Gasteiger partial charge in [0.05, 0.1) is 12.7 Å². The first-order chi connectivity index (χ1) is 14.7. The first-order valence-electron chi connectivity index (χ1n) is 10.4. The van der Waals surface area contributed by atoms with Crippen LogP contribution in [0.5, 0.6) is 5.75 Å². The molecule has 166 valence electrons. The number of methoxy groups -OCH3 is 1. The molecule has 0 N–H and O–H groups in total. The van der Waals surface area contributed by atoms with Crippen LogP contribution < -0.4 is 9.64 Å². The minimum absolute atomic E-state index is 0.254. The van der Waals surface area contributed by atoms with Crippen LogP contribution in [0.15, 0.2) is 48.5 Å². The van der Waals surface area contributed by atoms with Crippen molar-refractivity contribution in [1.29, 1.82) is 0 Å². The molecule has 0 aliphatic carbocycles. The van der Waals surface area contributed by atoms with Gasteiger partial charge in [0.25, 0.3) is 0 Å². The van der Waals surface area contributed by atoms with Crippen molar-refractivity contribution in [1.82, 2.24) is 4.90 Å². The van der Waals surface area contributed by atoms with Crippen LogP contribution in [0.1, 0.15) is 36.7 Å². The van der Waals surface area contributed by atoms with Crippen molar-refractivity contribution in [3.05, 3.63) is 59.7 Å². The van der Waals surface area contributed by atoms with E-state index in [4.69, 9.17) is 14.2 Å². The molecule has 1 aliphatic heterocycles. The monoisotopic (exact) mass is 426 g/mol. The molecule has 1 saturated heterocycles. The molecule has 0 saturated carbocycles. The van der Waals surface area contributed by atoms with Crippen LogP contribution >= 0.6 is 0 Å². The van der Waals surface area contributed by atoms with Gasteiger partial charge in [-0.15, -0.1) is 0 Å². The van der Waals surface area contributed by atoms with E-state index >= 15 is 0 Å². The van der Waals surface area contributed by atoms with Crippen molar-refractivity contribution in [2.45, 2.75) is 33.0 Å². The van der Waals surface area contributed by atoms with Gasteiger partial charge in [0, 0.05) is 31.9 Å². The van der Waals surface area contributed by atoms with E-state index in [9.17, 15) is 9.59 Å². The first kappa shape index (κ1) is 22.5. The van der Waals surface area contributed by atoms with Gasteiger partial charge in [0.15, 0.2) is 0 Å². The minimum atomic E-state index is -0.479. The number of rotatable bonds is 5. The summed E-state index contributed by atoms with van der Waals surface area (Å²) in [5, 5.41) is 0. The molecule has 0 atom stereocenters. The quantitative estimate of drug-likeness (QED) is 0.671. The Bertz CT molecular complexity index is 880. The summed E-state index contributed by atoms with van der Waals surface area (Å²) >= 11 is 0. The van der Waals surface area contributed by atoms with E-state index in [1.807, 2.05) is 57.2 Å². The highest BCUT2D eigenvalue weighted by Crippen LogP contribution is 2.22. The van der Waals surface area contributed by atoms with Crippen LogP contribution in [0.25, 0.3) is 0 Å². The first-order valence-corrected chi connectivity index (χ1v) is 10.4. The number of hydrogen-bond donors (Lipinski definition) is 0. The molecule has 3 rings (SSSR count). The highest BCUT2D eigenvalue weighted by atomic mass is 16.6. The summed E-state index contributed by atoms with van der Waals surface area (Å²) in [5.41, 5.74) is 2.10. The van der Waals surface area contributed by atoms with Gasteiger partial charge < -0.3 is 24.0 Å². The van der Waals surface area contributed by atoms with Crippen LogP contribution in [-0.2, 0) is 16.1 Å².